The van der Waals surface area contributed by atoms with E-state index < -0.39 is 0 Å². The summed E-state index contributed by atoms with van der Waals surface area (Å²) in [6.07, 6.45) is 12.7. The summed E-state index contributed by atoms with van der Waals surface area (Å²) in [5.41, 5.74) is 6.43. The summed E-state index contributed by atoms with van der Waals surface area (Å²) >= 11 is 0. The highest BCUT2D eigenvalue weighted by molar-refractivity contribution is 5.27. The molecule has 0 saturated heterocycles. The minimum atomic E-state index is 0.359. The quantitative estimate of drug-likeness (QED) is 0.702. The predicted molar refractivity (Wildman–Crippen MR) is 52.1 cm³/mol. The molecule has 2 rings (SSSR count). The molecular weight excluding hydrogens is 162 g/mol. The number of aromatic nitrogens is 2. The van der Waals surface area contributed by atoms with Gasteiger partial charge in [0.1, 0.15) is 5.82 Å². The van der Waals surface area contributed by atoms with E-state index in [0.29, 0.717) is 11.7 Å². The number of hydrogen-bond donors (Lipinski definition) is 1. The molecule has 0 radical (unpaired) electrons. The van der Waals surface area contributed by atoms with Gasteiger partial charge >= 0.3 is 0 Å². The first kappa shape index (κ1) is 7.98. The molecule has 3 heteroatoms. The lowest BCUT2D eigenvalue weighted by Gasteiger charge is -2.11. The van der Waals surface area contributed by atoms with Crippen LogP contribution in [0.1, 0.15) is 18.0 Å². The van der Waals surface area contributed by atoms with Gasteiger partial charge in [-0.15, -0.1) is 0 Å². The van der Waals surface area contributed by atoms with Crippen LogP contribution >= 0.6 is 0 Å². The molecule has 0 bridgehead atoms. The number of nitrogen functional groups attached to an aromatic ring is 1. The van der Waals surface area contributed by atoms with Gasteiger partial charge < -0.3 is 5.73 Å². The van der Waals surface area contributed by atoms with Crippen molar-refractivity contribution in [1.82, 2.24) is 9.97 Å². The smallest absolute Gasteiger partial charge is 0.141 e. The molecule has 2 N–H and O–H groups in total. The van der Waals surface area contributed by atoms with Crippen molar-refractivity contribution >= 4 is 5.82 Å². The van der Waals surface area contributed by atoms with Crippen LogP contribution in [0.2, 0.25) is 0 Å². The van der Waals surface area contributed by atoms with Crippen LogP contribution in [0.5, 0.6) is 0 Å². The third-order valence-corrected chi connectivity index (χ3v) is 2.05. The normalized spacial score (nSPS) is 20.5. The first-order chi connectivity index (χ1) is 6.36. The highest BCUT2D eigenvalue weighted by atomic mass is 14.9. The van der Waals surface area contributed by atoms with Crippen molar-refractivity contribution in [2.24, 2.45) is 0 Å². The van der Waals surface area contributed by atoms with Crippen LogP contribution in [-0.4, -0.2) is 9.97 Å². The van der Waals surface area contributed by atoms with Crippen LogP contribution in [0, 0.1) is 0 Å². The van der Waals surface area contributed by atoms with E-state index in [9.17, 15) is 0 Å². The highest BCUT2D eigenvalue weighted by Gasteiger charge is 2.09. The van der Waals surface area contributed by atoms with Crippen LogP contribution < -0.4 is 5.73 Å². The summed E-state index contributed by atoms with van der Waals surface area (Å²) in [6.45, 7) is 0. The minimum absolute atomic E-state index is 0.359. The lowest BCUT2D eigenvalue weighted by atomic mass is 9.98. The summed E-state index contributed by atoms with van der Waals surface area (Å²) in [4.78, 5) is 8.24. The fourth-order valence-corrected chi connectivity index (χ4v) is 1.34. The Kier molecular flexibility index (Phi) is 2.08. The van der Waals surface area contributed by atoms with Crippen molar-refractivity contribution in [3.8, 4) is 0 Å². The molecule has 13 heavy (non-hydrogen) atoms. The van der Waals surface area contributed by atoms with Crippen LogP contribution in [-0.2, 0) is 0 Å². The summed E-state index contributed by atoms with van der Waals surface area (Å²) in [7, 11) is 0. The van der Waals surface area contributed by atoms with E-state index in [1.165, 1.54) is 0 Å². The van der Waals surface area contributed by atoms with Gasteiger partial charge in [0.25, 0.3) is 0 Å². The van der Waals surface area contributed by atoms with Gasteiger partial charge in [-0.05, 0) is 6.42 Å². The number of hydrogen-bond acceptors (Lipinski definition) is 3. The average molecular weight is 173 g/mol. The largest absolute Gasteiger partial charge is 0.382 e. The molecule has 1 atom stereocenters. The Labute approximate surface area is 77.0 Å². The van der Waals surface area contributed by atoms with Crippen LogP contribution in [0.3, 0.4) is 0 Å². The first-order valence-electron chi connectivity index (χ1n) is 4.27. The van der Waals surface area contributed by atoms with E-state index in [-0.39, 0.29) is 0 Å². The van der Waals surface area contributed by atoms with Gasteiger partial charge in [0.05, 0.1) is 18.1 Å². The molecule has 0 aromatic carbocycles. The lowest BCUT2D eigenvalue weighted by molar-refractivity contribution is 0.807. The molecule has 66 valence electrons. The Morgan fingerprint density at radius 2 is 2.15 bits per heavy atom. The van der Waals surface area contributed by atoms with Crippen molar-refractivity contribution in [3.63, 3.8) is 0 Å². The molecule has 0 spiro atoms. The lowest BCUT2D eigenvalue weighted by Crippen LogP contribution is -2.01. The fraction of sp³-hybridized carbons (Fsp3) is 0.200. The van der Waals surface area contributed by atoms with Crippen molar-refractivity contribution in [1.29, 1.82) is 0 Å². The summed E-state index contributed by atoms with van der Waals surface area (Å²) in [5.74, 6) is 0.831. The molecule has 1 heterocycles. The van der Waals surface area contributed by atoms with E-state index in [4.69, 9.17) is 5.73 Å². The van der Waals surface area contributed by atoms with Crippen LogP contribution in [0.4, 0.5) is 5.82 Å². The second-order valence-corrected chi connectivity index (χ2v) is 3.02. The number of rotatable bonds is 1. The molecule has 0 unspecified atom stereocenters. The van der Waals surface area contributed by atoms with Gasteiger partial charge in [-0.1, -0.05) is 24.3 Å². The second kappa shape index (κ2) is 3.39. The second-order valence-electron chi connectivity index (χ2n) is 3.02. The Bertz CT molecular complexity index is 338. The van der Waals surface area contributed by atoms with Crippen LogP contribution in [0.25, 0.3) is 0 Å². The molecule has 3 nitrogen and oxygen atoms in total. The molecule has 0 saturated carbocycles. The van der Waals surface area contributed by atoms with Crippen molar-refractivity contribution < 1.29 is 0 Å². The molecule has 1 aromatic heterocycles. The Balaban J connectivity index is 2.21. The average Bonchev–Trinajstić information content (AvgIpc) is 2.20. The molecular formula is C10H11N3. The zero-order valence-electron chi connectivity index (χ0n) is 7.22. The third-order valence-electron chi connectivity index (χ3n) is 2.05. The maximum absolute atomic E-state index is 5.45. The van der Waals surface area contributed by atoms with Gasteiger partial charge in [-0.3, -0.25) is 4.98 Å². The molecule has 1 aliphatic carbocycles. The van der Waals surface area contributed by atoms with Crippen molar-refractivity contribution in [2.45, 2.75) is 12.3 Å². The topological polar surface area (TPSA) is 51.8 Å². The van der Waals surface area contributed by atoms with E-state index in [1.807, 2.05) is 12.2 Å². The van der Waals surface area contributed by atoms with Gasteiger partial charge in [-0.25, -0.2) is 4.98 Å². The van der Waals surface area contributed by atoms with E-state index in [1.54, 1.807) is 12.4 Å². The van der Waals surface area contributed by atoms with E-state index >= 15 is 0 Å². The first-order valence-corrected chi connectivity index (χ1v) is 4.27. The molecule has 0 fully saturated rings. The minimum Gasteiger partial charge on any atom is -0.382 e. The van der Waals surface area contributed by atoms with E-state index in [0.717, 1.165) is 12.1 Å². The molecule has 1 aliphatic rings. The zero-order valence-corrected chi connectivity index (χ0v) is 7.22. The van der Waals surface area contributed by atoms with E-state index in [2.05, 4.69) is 22.1 Å². The summed E-state index contributed by atoms with van der Waals surface area (Å²) in [5, 5.41) is 0. The number of nitrogens with zero attached hydrogens (tertiary/aromatic N) is 2. The SMILES string of the molecule is Nc1cnc([C@@H]2C=CC=CC2)cn1. The van der Waals surface area contributed by atoms with Gasteiger partial charge in [-0.2, -0.15) is 0 Å². The van der Waals surface area contributed by atoms with Gasteiger partial charge in [0.15, 0.2) is 0 Å². The maximum Gasteiger partial charge on any atom is 0.141 e. The monoisotopic (exact) mass is 173 g/mol. The number of anilines is 1. The Morgan fingerprint density at radius 3 is 2.77 bits per heavy atom. The predicted octanol–water partition coefficient (Wildman–Crippen LogP) is 1.66. The molecule has 1 aromatic rings. The maximum atomic E-state index is 5.45. The zero-order chi connectivity index (χ0) is 9.10. The molecule has 0 aliphatic heterocycles. The van der Waals surface area contributed by atoms with Gasteiger partial charge in [0.2, 0.25) is 0 Å². The number of allylic oxidation sites excluding steroid dienone is 4. The molecule has 0 amide bonds. The van der Waals surface area contributed by atoms with Crippen LogP contribution in [0.15, 0.2) is 36.7 Å². The number of nitrogens with two attached hydrogens (primary N) is 1. The Morgan fingerprint density at radius 1 is 1.23 bits per heavy atom. The van der Waals surface area contributed by atoms with Gasteiger partial charge in [0, 0.05) is 5.92 Å². The van der Waals surface area contributed by atoms with Crippen molar-refractivity contribution in [2.75, 3.05) is 5.73 Å². The standard InChI is InChI=1S/C10H11N3/c11-10-7-12-9(6-13-10)8-4-2-1-3-5-8/h1-4,6-8H,5H2,(H2,11,13)/t8-/m1/s1. The Hall–Kier alpha value is -1.64. The summed E-state index contributed by atoms with van der Waals surface area (Å²) < 4.78 is 0. The van der Waals surface area contributed by atoms with Crippen molar-refractivity contribution in [3.05, 3.63) is 42.4 Å². The third kappa shape index (κ3) is 1.75. The fourth-order valence-electron chi connectivity index (χ4n) is 1.34. The highest BCUT2D eigenvalue weighted by Crippen LogP contribution is 2.21. The summed E-state index contributed by atoms with van der Waals surface area (Å²) in [6, 6.07) is 0.